The van der Waals surface area contributed by atoms with E-state index in [2.05, 4.69) is 20.8 Å². The lowest BCUT2D eigenvalue weighted by atomic mass is 10.1. The topological polar surface area (TPSA) is 88.9 Å². The van der Waals surface area contributed by atoms with E-state index in [-0.39, 0.29) is 30.2 Å². The monoisotopic (exact) mass is 423 g/mol. The maximum atomic E-state index is 12.3. The van der Waals surface area contributed by atoms with Gasteiger partial charge < -0.3 is 15.2 Å². The fourth-order valence-corrected chi connectivity index (χ4v) is 3.57. The van der Waals surface area contributed by atoms with Gasteiger partial charge in [-0.3, -0.25) is 9.59 Å². The van der Waals surface area contributed by atoms with Gasteiger partial charge in [-0.05, 0) is 31.5 Å². The summed E-state index contributed by atoms with van der Waals surface area (Å²) in [5, 5.41) is 14.7. The van der Waals surface area contributed by atoms with Crippen LogP contribution in [0.15, 0.2) is 59.8 Å². The first-order chi connectivity index (χ1) is 14.4. The van der Waals surface area contributed by atoms with E-state index in [9.17, 15) is 9.59 Å². The SMILES string of the molecule is Cc1ccc(C(=O)NCc2nnc(SCC(=O)N[C@H](C)c3ccccc3)n2C)cc1. The summed E-state index contributed by atoms with van der Waals surface area (Å²) in [6.07, 6.45) is 0. The average molecular weight is 424 g/mol. The van der Waals surface area contributed by atoms with Crippen LogP contribution in [0.2, 0.25) is 0 Å². The average Bonchev–Trinajstić information content (AvgIpc) is 3.11. The Morgan fingerprint density at radius 1 is 1.07 bits per heavy atom. The molecule has 7 nitrogen and oxygen atoms in total. The molecule has 0 fully saturated rings. The number of benzene rings is 2. The highest BCUT2D eigenvalue weighted by atomic mass is 32.2. The van der Waals surface area contributed by atoms with Crippen molar-refractivity contribution in [3.8, 4) is 0 Å². The molecular weight excluding hydrogens is 398 g/mol. The van der Waals surface area contributed by atoms with Crippen molar-refractivity contribution in [2.75, 3.05) is 5.75 Å². The van der Waals surface area contributed by atoms with E-state index < -0.39 is 0 Å². The molecule has 1 atom stereocenters. The zero-order chi connectivity index (χ0) is 21.5. The highest BCUT2D eigenvalue weighted by Gasteiger charge is 2.14. The van der Waals surface area contributed by atoms with Gasteiger partial charge in [0.2, 0.25) is 5.91 Å². The van der Waals surface area contributed by atoms with Gasteiger partial charge in [0.05, 0.1) is 18.3 Å². The number of amides is 2. The second-order valence-corrected chi connectivity index (χ2v) is 7.94. The minimum atomic E-state index is -0.165. The highest BCUT2D eigenvalue weighted by Crippen LogP contribution is 2.17. The summed E-state index contributed by atoms with van der Waals surface area (Å²) < 4.78 is 1.79. The Kier molecular flexibility index (Phi) is 7.24. The maximum absolute atomic E-state index is 12.3. The fraction of sp³-hybridized carbons (Fsp3) is 0.273. The number of rotatable bonds is 8. The molecule has 0 aliphatic rings. The number of thioether (sulfide) groups is 1. The van der Waals surface area contributed by atoms with Crippen molar-refractivity contribution in [3.05, 3.63) is 77.1 Å². The van der Waals surface area contributed by atoms with Gasteiger partial charge in [0.25, 0.3) is 5.91 Å². The zero-order valence-corrected chi connectivity index (χ0v) is 18.1. The van der Waals surface area contributed by atoms with Crippen LogP contribution in [-0.4, -0.2) is 32.3 Å². The Hall–Kier alpha value is -3.13. The summed E-state index contributed by atoms with van der Waals surface area (Å²) >= 11 is 1.31. The number of carbonyl (C=O) groups excluding carboxylic acids is 2. The zero-order valence-electron chi connectivity index (χ0n) is 17.3. The third-order valence-corrected chi connectivity index (χ3v) is 5.68. The van der Waals surface area contributed by atoms with Gasteiger partial charge in [-0.2, -0.15) is 0 Å². The quantitative estimate of drug-likeness (QED) is 0.544. The minimum absolute atomic E-state index is 0.0636. The fourth-order valence-electron chi connectivity index (χ4n) is 2.83. The third kappa shape index (κ3) is 5.70. The van der Waals surface area contributed by atoms with E-state index >= 15 is 0 Å². The van der Waals surface area contributed by atoms with E-state index in [0.717, 1.165) is 11.1 Å². The van der Waals surface area contributed by atoms with E-state index in [0.29, 0.717) is 16.5 Å². The maximum Gasteiger partial charge on any atom is 0.251 e. The molecule has 0 unspecified atom stereocenters. The minimum Gasteiger partial charge on any atom is -0.349 e. The van der Waals surface area contributed by atoms with Crippen LogP contribution in [0.5, 0.6) is 0 Å². The first-order valence-electron chi connectivity index (χ1n) is 9.64. The number of hydrogen-bond donors (Lipinski definition) is 2. The highest BCUT2D eigenvalue weighted by molar-refractivity contribution is 7.99. The van der Waals surface area contributed by atoms with Crippen molar-refractivity contribution in [2.24, 2.45) is 7.05 Å². The molecule has 30 heavy (non-hydrogen) atoms. The van der Waals surface area contributed by atoms with Crippen LogP contribution in [0.3, 0.4) is 0 Å². The molecule has 1 aromatic heterocycles. The number of nitrogens with zero attached hydrogens (tertiary/aromatic N) is 3. The molecule has 0 spiro atoms. The second kappa shape index (κ2) is 10.1. The Labute approximate surface area is 180 Å². The lowest BCUT2D eigenvalue weighted by Crippen LogP contribution is -2.28. The molecule has 1 heterocycles. The smallest absolute Gasteiger partial charge is 0.251 e. The predicted octanol–water partition coefficient (Wildman–Crippen LogP) is 3.02. The number of hydrogen-bond acceptors (Lipinski definition) is 5. The van der Waals surface area contributed by atoms with Crippen LogP contribution in [0.4, 0.5) is 0 Å². The van der Waals surface area contributed by atoms with Crippen molar-refractivity contribution in [1.82, 2.24) is 25.4 Å². The molecule has 0 radical (unpaired) electrons. The molecule has 3 aromatic rings. The normalized spacial score (nSPS) is 11.7. The Morgan fingerprint density at radius 2 is 1.77 bits per heavy atom. The van der Waals surface area contributed by atoms with Crippen LogP contribution in [-0.2, 0) is 18.4 Å². The molecule has 8 heteroatoms. The number of carbonyl (C=O) groups is 2. The van der Waals surface area contributed by atoms with Crippen LogP contribution in [0.25, 0.3) is 0 Å². The number of aromatic nitrogens is 3. The van der Waals surface area contributed by atoms with Gasteiger partial charge in [-0.1, -0.05) is 59.8 Å². The molecular formula is C22H25N5O2S. The summed E-state index contributed by atoms with van der Waals surface area (Å²) in [5.74, 6) is 0.616. The lowest BCUT2D eigenvalue weighted by Gasteiger charge is -2.14. The molecule has 0 saturated heterocycles. The van der Waals surface area contributed by atoms with Gasteiger partial charge >= 0.3 is 0 Å². The molecule has 0 saturated carbocycles. The summed E-state index contributed by atoms with van der Waals surface area (Å²) in [4.78, 5) is 24.5. The molecule has 0 aliphatic heterocycles. The van der Waals surface area contributed by atoms with Crippen LogP contribution in [0.1, 0.15) is 40.3 Å². The van der Waals surface area contributed by atoms with Crippen LogP contribution >= 0.6 is 11.8 Å². The summed E-state index contributed by atoms with van der Waals surface area (Å²) in [6.45, 7) is 4.19. The summed E-state index contributed by atoms with van der Waals surface area (Å²) in [5.41, 5.74) is 2.76. The van der Waals surface area contributed by atoms with E-state index in [1.165, 1.54) is 11.8 Å². The first-order valence-corrected chi connectivity index (χ1v) is 10.6. The van der Waals surface area contributed by atoms with Crippen LogP contribution < -0.4 is 10.6 Å². The predicted molar refractivity (Wildman–Crippen MR) is 117 cm³/mol. The van der Waals surface area contributed by atoms with Gasteiger partial charge in [0.1, 0.15) is 0 Å². The molecule has 2 N–H and O–H groups in total. The second-order valence-electron chi connectivity index (χ2n) is 7.00. The van der Waals surface area contributed by atoms with Crippen molar-refractivity contribution >= 4 is 23.6 Å². The lowest BCUT2D eigenvalue weighted by molar-refractivity contribution is -0.119. The number of aryl methyl sites for hydroxylation is 1. The molecule has 2 amide bonds. The van der Waals surface area contributed by atoms with Crippen molar-refractivity contribution in [2.45, 2.75) is 31.6 Å². The third-order valence-electron chi connectivity index (χ3n) is 4.66. The standard InChI is InChI=1S/C22H25N5O2S/c1-15-9-11-18(12-10-15)21(29)23-13-19-25-26-22(27(19)3)30-14-20(28)24-16(2)17-7-5-4-6-8-17/h4-12,16H,13-14H2,1-3H3,(H,23,29)(H,24,28)/t16-/m1/s1. The van der Waals surface area contributed by atoms with Gasteiger partial charge in [-0.15, -0.1) is 10.2 Å². The summed E-state index contributed by atoms with van der Waals surface area (Å²) in [7, 11) is 1.82. The summed E-state index contributed by atoms with van der Waals surface area (Å²) in [6, 6.07) is 17.1. The van der Waals surface area contributed by atoms with Gasteiger partial charge in [0.15, 0.2) is 11.0 Å². The van der Waals surface area contributed by atoms with E-state index in [1.54, 1.807) is 16.7 Å². The Morgan fingerprint density at radius 3 is 2.47 bits per heavy atom. The van der Waals surface area contributed by atoms with Gasteiger partial charge in [-0.25, -0.2) is 0 Å². The molecule has 2 aromatic carbocycles. The van der Waals surface area contributed by atoms with Crippen molar-refractivity contribution in [3.63, 3.8) is 0 Å². The molecule has 0 bridgehead atoms. The van der Waals surface area contributed by atoms with E-state index in [1.807, 2.05) is 63.4 Å². The van der Waals surface area contributed by atoms with Crippen molar-refractivity contribution in [1.29, 1.82) is 0 Å². The van der Waals surface area contributed by atoms with Gasteiger partial charge in [0, 0.05) is 12.6 Å². The van der Waals surface area contributed by atoms with Crippen molar-refractivity contribution < 1.29 is 9.59 Å². The Balaban J connectivity index is 1.49. The molecule has 0 aliphatic carbocycles. The Bertz CT molecular complexity index is 1000. The van der Waals surface area contributed by atoms with Crippen LogP contribution in [0, 0.1) is 6.92 Å². The molecule has 156 valence electrons. The van der Waals surface area contributed by atoms with E-state index in [4.69, 9.17) is 0 Å². The number of nitrogens with one attached hydrogen (secondary N) is 2. The first kappa shape index (κ1) is 21.6. The largest absolute Gasteiger partial charge is 0.349 e. The molecule has 3 rings (SSSR count).